The van der Waals surface area contributed by atoms with Crippen LogP contribution in [0.1, 0.15) is 32.4 Å². The van der Waals surface area contributed by atoms with Gasteiger partial charge in [0.05, 0.1) is 13.2 Å². The summed E-state index contributed by atoms with van der Waals surface area (Å²) < 4.78 is 6.02. The van der Waals surface area contributed by atoms with Crippen LogP contribution in [-0.2, 0) is 0 Å². The molecule has 2 nitrogen and oxygen atoms in total. The highest BCUT2D eigenvalue weighted by Gasteiger charge is 2.21. The average molecular weight is 287 g/mol. The number of rotatable bonds is 4. The molecule has 1 aromatic carbocycles. The van der Waals surface area contributed by atoms with Gasteiger partial charge in [-0.05, 0) is 29.5 Å². The summed E-state index contributed by atoms with van der Waals surface area (Å²) >= 11 is 3.47. The van der Waals surface area contributed by atoms with Crippen molar-refractivity contribution in [3.05, 3.63) is 28.2 Å². The lowest BCUT2D eigenvalue weighted by Crippen LogP contribution is -2.15. The minimum Gasteiger partial charge on any atom is -0.497 e. The van der Waals surface area contributed by atoms with Crippen LogP contribution in [0.4, 0.5) is 0 Å². The second-order valence-electron chi connectivity index (χ2n) is 4.44. The Labute approximate surface area is 106 Å². The second kappa shape index (κ2) is 5.69. The molecule has 0 radical (unpaired) electrons. The highest BCUT2D eigenvalue weighted by Crippen LogP contribution is 2.34. The lowest BCUT2D eigenvalue weighted by Gasteiger charge is -2.23. The molecule has 0 spiro atoms. The molecular formula is C13H19BrO2. The number of hydrogen-bond acceptors (Lipinski definition) is 2. The molecule has 1 rings (SSSR count). The first-order valence-corrected chi connectivity index (χ1v) is 6.28. The molecule has 0 saturated carbocycles. The normalized spacial score (nSPS) is 14.9. The van der Waals surface area contributed by atoms with Crippen molar-refractivity contribution in [3.8, 4) is 5.75 Å². The van der Waals surface area contributed by atoms with Gasteiger partial charge in [-0.15, -0.1) is 0 Å². The lowest BCUT2D eigenvalue weighted by molar-refractivity contribution is 0.0914. The molecule has 0 saturated heterocycles. The Bertz CT molecular complexity index is 350. The van der Waals surface area contributed by atoms with Gasteiger partial charge in [0.25, 0.3) is 0 Å². The summed E-state index contributed by atoms with van der Waals surface area (Å²) in [6, 6.07) is 5.66. The zero-order chi connectivity index (χ0) is 12.3. The fraction of sp³-hybridized carbons (Fsp3) is 0.538. The van der Waals surface area contributed by atoms with Crippen molar-refractivity contribution < 1.29 is 9.84 Å². The Hall–Kier alpha value is -0.540. The predicted molar refractivity (Wildman–Crippen MR) is 69.7 cm³/mol. The molecular weight excluding hydrogens is 268 g/mol. The van der Waals surface area contributed by atoms with Crippen molar-refractivity contribution in [2.24, 2.45) is 11.8 Å². The summed E-state index contributed by atoms with van der Waals surface area (Å²) in [6.07, 6.45) is -0.444. The summed E-state index contributed by atoms with van der Waals surface area (Å²) in [7, 11) is 1.63. The number of hydrogen-bond donors (Lipinski definition) is 1. The van der Waals surface area contributed by atoms with Crippen molar-refractivity contribution in [1.82, 2.24) is 0 Å². The van der Waals surface area contributed by atoms with Gasteiger partial charge in [0.15, 0.2) is 0 Å². The molecule has 2 atom stereocenters. The minimum absolute atomic E-state index is 0.227. The molecule has 0 bridgehead atoms. The zero-order valence-corrected chi connectivity index (χ0v) is 11.8. The fourth-order valence-corrected chi connectivity index (χ4v) is 2.11. The van der Waals surface area contributed by atoms with E-state index >= 15 is 0 Å². The number of aliphatic hydroxyl groups excluding tert-OH is 1. The van der Waals surface area contributed by atoms with Crippen LogP contribution in [0.25, 0.3) is 0 Å². The van der Waals surface area contributed by atoms with Gasteiger partial charge in [-0.2, -0.15) is 0 Å². The first kappa shape index (κ1) is 13.5. The molecule has 0 aliphatic carbocycles. The van der Waals surface area contributed by atoms with E-state index in [9.17, 15) is 5.11 Å². The number of ether oxygens (including phenoxy) is 1. The maximum atomic E-state index is 10.2. The van der Waals surface area contributed by atoms with E-state index in [1.54, 1.807) is 7.11 Å². The first-order chi connectivity index (χ1) is 7.47. The van der Waals surface area contributed by atoms with E-state index in [-0.39, 0.29) is 5.92 Å². The third-order valence-electron chi connectivity index (χ3n) is 3.08. The minimum atomic E-state index is -0.444. The monoisotopic (exact) mass is 286 g/mol. The molecule has 0 aliphatic heterocycles. The summed E-state index contributed by atoms with van der Waals surface area (Å²) in [5, 5.41) is 10.2. The van der Waals surface area contributed by atoms with Crippen molar-refractivity contribution in [2.45, 2.75) is 26.9 Å². The third kappa shape index (κ3) is 2.98. The van der Waals surface area contributed by atoms with E-state index in [1.165, 1.54) is 0 Å². The van der Waals surface area contributed by atoms with Crippen LogP contribution in [0, 0.1) is 11.8 Å². The van der Waals surface area contributed by atoms with Gasteiger partial charge in [-0.3, -0.25) is 0 Å². The van der Waals surface area contributed by atoms with E-state index in [2.05, 4.69) is 36.7 Å². The van der Waals surface area contributed by atoms with Crippen LogP contribution in [-0.4, -0.2) is 12.2 Å². The summed E-state index contributed by atoms with van der Waals surface area (Å²) in [4.78, 5) is 0. The predicted octanol–water partition coefficient (Wildman–Crippen LogP) is 3.78. The van der Waals surface area contributed by atoms with Gasteiger partial charge >= 0.3 is 0 Å². The largest absolute Gasteiger partial charge is 0.497 e. The summed E-state index contributed by atoms with van der Waals surface area (Å²) in [5.74, 6) is 1.47. The maximum Gasteiger partial charge on any atom is 0.120 e. The maximum absolute atomic E-state index is 10.2. The van der Waals surface area contributed by atoms with Crippen molar-refractivity contribution in [1.29, 1.82) is 0 Å². The van der Waals surface area contributed by atoms with Crippen LogP contribution < -0.4 is 4.74 Å². The number of benzene rings is 1. The molecule has 0 aromatic heterocycles. The molecule has 3 heteroatoms. The van der Waals surface area contributed by atoms with Crippen LogP contribution in [0.3, 0.4) is 0 Å². The molecule has 0 fully saturated rings. The third-order valence-corrected chi connectivity index (χ3v) is 3.76. The SMILES string of the molecule is COc1ccc(C(O)C(C)C(C)C)c(Br)c1. The van der Waals surface area contributed by atoms with Gasteiger partial charge in [0.1, 0.15) is 5.75 Å². The molecule has 16 heavy (non-hydrogen) atoms. The Balaban J connectivity index is 2.96. The number of halogens is 1. The smallest absolute Gasteiger partial charge is 0.120 e. The van der Waals surface area contributed by atoms with Gasteiger partial charge in [0.2, 0.25) is 0 Å². The number of methoxy groups -OCH3 is 1. The van der Waals surface area contributed by atoms with E-state index in [4.69, 9.17) is 4.74 Å². The highest BCUT2D eigenvalue weighted by molar-refractivity contribution is 9.10. The van der Waals surface area contributed by atoms with E-state index in [0.717, 1.165) is 15.8 Å². The quantitative estimate of drug-likeness (QED) is 0.913. The molecule has 2 unspecified atom stereocenters. The molecule has 0 amide bonds. The van der Waals surface area contributed by atoms with Gasteiger partial charge in [0, 0.05) is 4.47 Å². The summed E-state index contributed by atoms with van der Waals surface area (Å²) in [6.45, 7) is 6.29. The van der Waals surface area contributed by atoms with E-state index in [0.29, 0.717) is 5.92 Å². The highest BCUT2D eigenvalue weighted by atomic mass is 79.9. The van der Waals surface area contributed by atoms with Crippen LogP contribution in [0.5, 0.6) is 5.75 Å². The second-order valence-corrected chi connectivity index (χ2v) is 5.29. The molecule has 1 aromatic rings. The lowest BCUT2D eigenvalue weighted by atomic mass is 9.88. The zero-order valence-electron chi connectivity index (χ0n) is 10.2. The van der Waals surface area contributed by atoms with E-state index < -0.39 is 6.10 Å². The standard InChI is InChI=1S/C13H19BrO2/c1-8(2)9(3)13(15)11-6-5-10(16-4)7-12(11)14/h5-9,13,15H,1-4H3. The van der Waals surface area contributed by atoms with E-state index in [1.807, 2.05) is 18.2 Å². The Morgan fingerprint density at radius 1 is 1.25 bits per heavy atom. The summed E-state index contributed by atoms with van der Waals surface area (Å²) in [5.41, 5.74) is 0.919. The Morgan fingerprint density at radius 2 is 1.88 bits per heavy atom. The topological polar surface area (TPSA) is 29.5 Å². The van der Waals surface area contributed by atoms with Crippen LogP contribution in [0.15, 0.2) is 22.7 Å². The van der Waals surface area contributed by atoms with Crippen molar-refractivity contribution >= 4 is 15.9 Å². The fourth-order valence-electron chi connectivity index (χ4n) is 1.52. The Morgan fingerprint density at radius 3 is 2.31 bits per heavy atom. The van der Waals surface area contributed by atoms with Crippen molar-refractivity contribution in [3.63, 3.8) is 0 Å². The molecule has 90 valence electrons. The number of aliphatic hydroxyl groups is 1. The molecule has 1 N–H and O–H groups in total. The van der Waals surface area contributed by atoms with Crippen LogP contribution >= 0.6 is 15.9 Å². The first-order valence-electron chi connectivity index (χ1n) is 5.48. The van der Waals surface area contributed by atoms with Crippen molar-refractivity contribution in [2.75, 3.05) is 7.11 Å². The molecule has 0 heterocycles. The average Bonchev–Trinajstić information content (AvgIpc) is 2.26. The van der Waals surface area contributed by atoms with Gasteiger partial charge < -0.3 is 9.84 Å². The molecule has 0 aliphatic rings. The Kier molecular flexibility index (Phi) is 4.81. The van der Waals surface area contributed by atoms with Crippen LogP contribution in [0.2, 0.25) is 0 Å². The van der Waals surface area contributed by atoms with Gasteiger partial charge in [-0.25, -0.2) is 0 Å². The van der Waals surface area contributed by atoms with Gasteiger partial charge in [-0.1, -0.05) is 42.8 Å².